The fourth-order valence-electron chi connectivity index (χ4n) is 3.83. The predicted molar refractivity (Wildman–Crippen MR) is 140 cm³/mol. The average Bonchev–Trinajstić information content (AvgIpc) is 3.39. The molecule has 0 bridgehead atoms. The third-order valence-corrected chi connectivity index (χ3v) is 6.45. The first-order valence-corrected chi connectivity index (χ1v) is 12.2. The number of thiazole rings is 1. The molecule has 0 saturated carbocycles. The van der Waals surface area contributed by atoms with Crippen LogP contribution in [0.5, 0.6) is 5.75 Å². The fourth-order valence-corrected chi connectivity index (χ4v) is 4.64. The third-order valence-electron chi connectivity index (χ3n) is 5.55. The van der Waals surface area contributed by atoms with Crippen LogP contribution in [0, 0.1) is 0 Å². The van der Waals surface area contributed by atoms with E-state index in [-0.39, 0.29) is 24.3 Å². The third kappa shape index (κ3) is 4.82. The molecule has 3 amide bonds. The Morgan fingerprint density at radius 2 is 1.81 bits per heavy atom. The van der Waals surface area contributed by atoms with Crippen molar-refractivity contribution in [3.63, 3.8) is 0 Å². The van der Waals surface area contributed by atoms with Gasteiger partial charge < -0.3 is 15.4 Å². The van der Waals surface area contributed by atoms with Gasteiger partial charge in [-0.15, -0.1) is 11.3 Å². The molecule has 0 aliphatic carbocycles. The summed E-state index contributed by atoms with van der Waals surface area (Å²) in [7, 11) is 0. The number of hydrogen-bond donors (Lipinski definition) is 2. The largest absolute Gasteiger partial charge is 0.494 e. The smallest absolute Gasteiger partial charge is 0.275 e. The van der Waals surface area contributed by atoms with Gasteiger partial charge in [-0.25, -0.2) is 4.98 Å². The summed E-state index contributed by atoms with van der Waals surface area (Å²) in [6.07, 6.45) is 0. The Hall–Kier alpha value is -4.50. The second-order valence-electron chi connectivity index (χ2n) is 7.98. The van der Waals surface area contributed by atoms with E-state index in [1.165, 1.54) is 16.2 Å². The van der Waals surface area contributed by atoms with E-state index >= 15 is 0 Å². The normalized spacial score (nSPS) is 12.5. The first kappa shape index (κ1) is 23.3. The van der Waals surface area contributed by atoms with Crippen LogP contribution in [-0.4, -0.2) is 35.9 Å². The molecule has 3 aromatic carbocycles. The van der Waals surface area contributed by atoms with Crippen molar-refractivity contribution < 1.29 is 19.1 Å². The van der Waals surface area contributed by atoms with Crippen LogP contribution in [0.25, 0.3) is 10.6 Å². The summed E-state index contributed by atoms with van der Waals surface area (Å²) in [5.74, 6) is -0.108. The van der Waals surface area contributed by atoms with Crippen molar-refractivity contribution >= 4 is 46.1 Å². The second kappa shape index (κ2) is 10.0. The zero-order valence-electron chi connectivity index (χ0n) is 19.4. The van der Waals surface area contributed by atoms with Crippen molar-refractivity contribution in [3.8, 4) is 16.3 Å². The number of benzene rings is 3. The summed E-state index contributed by atoms with van der Waals surface area (Å²) in [6.45, 7) is 2.47. The number of carbonyl (C=O) groups excluding carboxylic acids is 3. The Labute approximate surface area is 211 Å². The average molecular weight is 499 g/mol. The molecule has 8 nitrogen and oxygen atoms in total. The second-order valence-corrected chi connectivity index (χ2v) is 8.84. The molecule has 1 aliphatic heterocycles. The maximum Gasteiger partial charge on any atom is 0.275 e. The van der Waals surface area contributed by atoms with Gasteiger partial charge in [0.2, 0.25) is 5.91 Å². The van der Waals surface area contributed by atoms with Crippen LogP contribution >= 0.6 is 11.3 Å². The number of nitrogens with one attached hydrogen (secondary N) is 2. The minimum Gasteiger partial charge on any atom is -0.494 e. The number of amides is 3. The Morgan fingerprint density at radius 3 is 2.56 bits per heavy atom. The molecule has 0 fully saturated rings. The number of rotatable bonds is 6. The maximum atomic E-state index is 13.1. The number of anilines is 3. The molecule has 180 valence electrons. The van der Waals surface area contributed by atoms with Crippen LogP contribution in [0.4, 0.5) is 17.1 Å². The molecular formula is C27H22N4O4S. The minimum atomic E-state index is -0.343. The molecule has 0 saturated heterocycles. The standard InChI is InChI=1S/C27H22N4O4S/c1-2-35-20-13-9-17(10-14-20)26-30-22(16-36-26)25(33)28-19-11-7-18(8-12-19)27(34)31-15-24(32)29-21-5-3-4-6-23(21)31/h3-14,16H,2,15H2,1H3,(H,28,33)(H,29,32). The number of hydrogen-bond acceptors (Lipinski definition) is 6. The zero-order chi connectivity index (χ0) is 25.1. The molecule has 2 N–H and O–H groups in total. The van der Waals surface area contributed by atoms with Gasteiger partial charge in [0.25, 0.3) is 11.8 Å². The van der Waals surface area contributed by atoms with E-state index in [1.807, 2.05) is 37.3 Å². The van der Waals surface area contributed by atoms with Gasteiger partial charge in [-0.1, -0.05) is 12.1 Å². The molecular weight excluding hydrogens is 476 g/mol. The Balaban J connectivity index is 1.26. The monoisotopic (exact) mass is 498 g/mol. The Bertz CT molecular complexity index is 1430. The molecule has 1 aliphatic rings. The lowest BCUT2D eigenvalue weighted by Gasteiger charge is -2.29. The van der Waals surface area contributed by atoms with Crippen LogP contribution in [-0.2, 0) is 4.79 Å². The zero-order valence-corrected chi connectivity index (χ0v) is 20.2. The van der Waals surface area contributed by atoms with E-state index in [4.69, 9.17) is 4.74 Å². The van der Waals surface area contributed by atoms with Crippen molar-refractivity contribution in [2.45, 2.75) is 6.92 Å². The van der Waals surface area contributed by atoms with Gasteiger partial charge in [0.1, 0.15) is 23.0 Å². The lowest BCUT2D eigenvalue weighted by molar-refractivity contribution is -0.115. The van der Waals surface area contributed by atoms with Crippen LogP contribution in [0.3, 0.4) is 0 Å². The summed E-state index contributed by atoms with van der Waals surface area (Å²) >= 11 is 1.38. The number of para-hydroxylation sites is 2. The van der Waals surface area contributed by atoms with E-state index in [2.05, 4.69) is 15.6 Å². The number of fused-ring (bicyclic) bond motifs is 1. The molecule has 36 heavy (non-hydrogen) atoms. The van der Waals surface area contributed by atoms with E-state index < -0.39 is 0 Å². The SMILES string of the molecule is CCOc1ccc(-c2nc(C(=O)Nc3ccc(C(=O)N4CC(=O)Nc5ccccc54)cc3)cs2)cc1. The van der Waals surface area contributed by atoms with Crippen molar-refractivity contribution in [1.82, 2.24) is 4.98 Å². The highest BCUT2D eigenvalue weighted by Crippen LogP contribution is 2.30. The van der Waals surface area contributed by atoms with Gasteiger partial charge in [0.05, 0.1) is 18.0 Å². The summed E-state index contributed by atoms with van der Waals surface area (Å²) in [4.78, 5) is 43.8. The van der Waals surface area contributed by atoms with Crippen LogP contribution in [0.15, 0.2) is 78.2 Å². The molecule has 4 aromatic rings. The van der Waals surface area contributed by atoms with Crippen molar-refractivity contribution in [2.75, 3.05) is 28.7 Å². The van der Waals surface area contributed by atoms with Gasteiger partial charge in [-0.2, -0.15) is 0 Å². The van der Waals surface area contributed by atoms with Gasteiger partial charge in [-0.3, -0.25) is 19.3 Å². The number of nitrogens with zero attached hydrogens (tertiary/aromatic N) is 2. The van der Waals surface area contributed by atoms with Crippen molar-refractivity contribution in [1.29, 1.82) is 0 Å². The molecule has 0 unspecified atom stereocenters. The Morgan fingerprint density at radius 1 is 1.06 bits per heavy atom. The first-order valence-electron chi connectivity index (χ1n) is 11.3. The summed E-state index contributed by atoms with van der Waals surface area (Å²) in [6, 6.07) is 21.3. The fraction of sp³-hybridized carbons (Fsp3) is 0.111. The van der Waals surface area contributed by atoms with Gasteiger partial charge in [0.15, 0.2) is 0 Å². The quantitative estimate of drug-likeness (QED) is 0.387. The number of ether oxygens (including phenoxy) is 1. The lowest BCUT2D eigenvalue weighted by atomic mass is 10.1. The first-order chi connectivity index (χ1) is 17.5. The summed E-state index contributed by atoms with van der Waals surface area (Å²) < 4.78 is 5.46. The van der Waals surface area contributed by atoms with E-state index in [0.29, 0.717) is 34.9 Å². The Kier molecular flexibility index (Phi) is 6.46. The molecule has 1 aromatic heterocycles. The highest BCUT2D eigenvalue weighted by atomic mass is 32.1. The predicted octanol–water partition coefficient (Wildman–Crippen LogP) is 5.06. The van der Waals surface area contributed by atoms with Crippen molar-refractivity contribution in [2.24, 2.45) is 0 Å². The topological polar surface area (TPSA) is 101 Å². The maximum absolute atomic E-state index is 13.1. The lowest BCUT2D eigenvalue weighted by Crippen LogP contribution is -2.42. The molecule has 0 spiro atoms. The molecule has 5 rings (SSSR count). The molecule has 2 heterocycles. The van der Waals surface area contributed by atoms with Crippen LogP contribution < -0.4 is 20.3 Å². The van der Waals surface area contributed by atoms with E-state index in [9.17, 15) is 14.4 Å². The molecule has 0 radical (unpaired) electrons. The molecule has 0 atom stereocenters. The minimum absolute atomic E-state index is 0.0607. The van der Waals surface area contributed by atoms with Gasteiger partial charge >= 0.3 is 0 Å². The van der Waals surface area contributed by atoms with E-state index in [1.54, 1.807) is 47.8 Å². The van der Waals surface area contributed by atoms with E-state index in [0.717, 1.165) is 16.3 Å². The number of carbonyl (C=O) groups is 3. The van der Waals surface area contributed by atoms with Crippen LogP contribution in [0.2, 0.25) is 0 Å². The van der Waals surface area contributed by atoms with Crippen molar-refractivity contribution in [3.05, 3.63) is 89.4 Å². The van der Waals surface area contributed by atoms with Crippen LogP contribution in [0.1, 0.15) is 27.8 Å². The van der Waals surface area contributed by atoms with Gasteiger partial charge in [-0.05, 0) is 67.6 Å². The van der Waals surface area contributed by atoms with Gasteiger partial charge in [0, 0.05) is 22.2 Å². The summed E-state index contributed by atoms with van der Waals surface area (Å²) in [5, 5.41) is 8.02. The highest BCUT2D eigenvalue weighted by molar-refractivity contribution is 7.13. The highest BCUT2D eigenvalue weighted by Gasteiger charge is 2.27. The summed E-state index contributed by atoms with van der Waals surface area (Å²) in [5.41, 5.74) is 3.39. The molecule has 9 heteroatoms. The number of aromatic nitrogens is 1.